The number of aryl methyl sites for hydroxylation is 1. The van der Waals surface area contributed by atoms with Crippen LogP contribution in [0.5, 0.6) is 11.5 Å². The third-order valence-corrected chi connectivity index (χ3v) is 5.16. The number of methoxy groups -OCH3 is 2. The maximum absolute atomic E-state index is 12.1. The summed E-state index contributed by atoms with van der Waals surface area (Å²) in [7, 11) is 5.07. The number of fused-ring (bicyclic) bond motifs is 3. The predicted octanol–water partition coefficient (Wildman–Crippen LogP) is 4.64. The van der Waals surface area contributed by atoms with Gasteiger partial charge in [-0.2, -0.15) is 0 Å². The smallest absolute Gasteiger partial charge is 0.151 e. The average molecular weight is 373 g/mol. The Morgan fingerprint density at radius 2 is 1.57 bits per heavy atom. The second-order valence-corrected chi connectivity index (χ2v) is 6.51. The minimum atomic E-state index is 0.430. The van der Waals surface area contributed by atoms with Gasteiger partial charge in [-0.3, -0.25) is 9.59 Å². The van der Waals surface area contributed by atoms with Gasteiger partial charge in [-0.25, -0.2) is 0 Å². The molecule has 0 bridgehead atoms. The van der Waals surface area contributed by atoms with Gasteiger partial charge in [-0.15, -0.1) is 0 Å². The summed E-state index contributed by atoms with van der Waals surface area (Å²) in [5, 5.41) is 1.95. The van der Waals surface area contributed by atoms with E-state index in [1.54, 1.807) is 25.3 Å². The molecule has 5 nitrogen and oxygen atoms in total. The molecule has 0 fully saturated rings. The first-order valence-electron chi connectivity index (χ1n) is 8.82. The molecule has 0 aliphatic carbocycles. The zero-order valence-corrected chi connectivity index (χ0v) is 15.9. The number of carbonyl (C=O) groups is 2. The Kier molecular flexibility index (Phi) is 4.35. The number of nitrogens with zero attached hydrogens (tertiary/aromatic N) is 1. The van der Waals surface area contributed by atoms with Crippen molar-refractivity contribution in [3.63, 3.8) is 0 Å². The molecule has 0 aliphatic rings. The number of hydrogen-bond donors (Lipinski definition) is 0. The lowest BCUT2D eigenvalue weighted by Gasteiger charge is -2.18. The maximum Gasteiger partial charge on any atom is 0.151 e. The van der Waals surface area contributed by atoms with E-state index in [0.29, 0.717) is 33.8 Å². The number of ether oxygens (including phenoxy) is 2. The van der Waals surface area contributed by atoms with E-state index >= 15 is 0 Å². The standard InChI is InChI=1S/C23H19NO4/c1-24-18-9-5-4-8-16(18)17-11-15(13-26)21(23(28-3)22(17)24)20-14(12-25)7-6-10-19(20)27-2/h4-13H,1-3H3. The van der Waals surface area contributed by atoms with Crippen LogP contribution < -0.4 is 9.47 Å². The van der Waals surface area contributed by atoms with E-state index in [0.717, 1.165) is 34.4 Å². The van der Waals surface area contributed by atoms with Gasteiger partial charge in [0.05, 0.1) is 19.7 Å². The number of aldehydes is 2. The van der Waals surface area contributed by atoms with Crippen LogP contribution in [-0.2, 0) is 7.05 Å². The second kappa shape index (κ2) is 6.85. The number of benzene rings is 3. The van der Waals surface area contributed by atoms with Crippen LogP contribution in [0.3, 0.4) is 0 Å². The van der Waals surface area contributed by atoms with Crippen molar-refractivity contribution in [2.45, 2.75) is 0 Å². The van der Waals surface area contributed by atoms with E-state index < -0.39 is 0 Å². The normalized spacial score (nSPS) is 11.0. The van der Waals surface area contributed by atoms with Crippen LogP contribution in [0.4, 0.5) is 0 Å². The van der Waals surface area contributed by atoms with Gasteiger partial charge in [-0.1, -0.05) is 30.3 Å². The van der Waals surface area contributed by atoms with Gasteiger partial charge in [0, 0.05) is 45.6 Å². The highest BCUT2D eigenvalue weighted by atomic mass is 16.5. The topological polar surface area (TPSA) is 57.5 Å². The highest BCUT2D eigenvalue weighted by Gasteiger charge is 2.24. The van der Waals surface area contributed by atoms with E-state index in [1.165, 1.54) is 7.11 Å². The molecule has 1 aromatic heterocycles. The van der Waals surface area contributed by atoms with Crippen LogP contribution in [0.2, 0.25) is 0 Å². The van der Waals surface area contributed by atoms with Crippen LogP contribution in [0, 0.1) is 0 Å². The number of carbonyl (C=O) groups excluding carboxylic acids is 2. The van der Waals surface area contributed by atoms with Crippen molar-refractivity contribution in [2.75, 3.05) is 14.2 Å². The zero-order valence-electron chi connectivity index (χ0n) is 15.9. The molecule has 5 heteroatoms. The molecule has 0 radical (unpaired) electrons. The molecule has 0 saturated heterocycles. The Hall–Kier alpha value is -3.60. The molecule has 0 unspecified atom stereocenters. The first-order valence-corrected chi connectivity index (χ1v) is 8.82. The van der Waals surface area contributed by atoms with Crippen molar-refractivity contribution in [3.05, 3.63) is 59.7 Å². The van der Waals surface area contributed by atoms with E-state index in [-0.39, 0.29) is 0 Å². The summed E-state index contributed by atoms with van der Waals surface area (Å²) >= 11 is 0. The molecule has 4 rings (SSSR count). The van der Waals surface area contributed by atoms with Crippen LogP contribution in [0.15, 0.2) is 48.5 Å². The summed E-state index contributed by atoms with van der Waals surface area (Å²) in [4.78, 5) is 23.8. The van der Waals surface area contributed by atoms with E-state index in [2.05, 4.69) is 0 Å². The number of rotatable bonds is 5. The molecule has 3 aromatic carbocycles. The predicted molar refractivity (Wildman–Crippen MR) is 110 cm³/mol. The van der Waals surface area contributed by atoms with Gasteiger partial charge in [0.1, 0.15) is 5.75 Å². The van der Waals surface area contributed by atoms with Crippen molar-refractivity contribution in [2.24, 2.45) is 7.05 Å². The Morgan fingerprint density at radius 3 is 2.25 bits per heavy atom. The van der Waals surface area contributed by atoms with Gasteiger partial charge in [0.2, 0.25) is 0 Å². The fourth-order valence-corrected chi connectivity index (χ4v) is 3.95. The molecule has 0 saturated carbocycles. The second-order valence-electron chi connectivity index (χ2n) is 6.51. The Balaban J connectivity index is 2.26. The quantitative estimate of drug-likeness (QED) is 0.478. The summed E-state index contributed by atoms with van der Waals surface area (Å²) in [5.74, 6) is 1.04. The molecular formula is C23H19NO4. The first kappa shape index (κ1) is 17.8. The van der Waals surface area contributed by atoms with Gasteiger partial charge in [0.25, 0.3) is 0 Å². The molecule has 28 heavy (non-hydrogen) atoms. The molecule has 4 aromatic rings. The largest absolute Gasteiger partial charge is 0.496 e. The molecule has 0 atom stereocenters. The lowest BCUT2D eigenvalue weighted by molar-refractivity contribution is 0.111. The molecule has 140 valence electrons. The van der Waals surface area contributed by atoms with Crippen LogP contribution >= 0.6 is 0 Å². The molecule has 0 aliphatic heterocycles. The number of aromatic nitrogens is 1. The van der Waals surface area contributed by atoms with E-state index in [9.17, 15) is 9.59 Å². The monoisotopic (exact) mass is 373 g/mol. The van der Waals surface area contributed by atoms with Crippen molar-refractivity contribution >= 4 is 34.4 Å². The lowest BCUT2D eigenvalue weighted by Crippen LogP contribution is -2.01. The third-order valence-electron chi connectivity index (χ3n) is 5.16. The van der Waals surface area contributed by atoms with Gasteiger partial charge < -0.3 is 14.0 Å². The maximum atomic E-state index is 12.1. The van der Waals surface area contributed by atoms with Crippen molar-refractivity contribution in [1.29, 1.82) is 0 Å². The molecule has 0 amide bonds. The molecule has 0 N–H and O–H groups in total. The van der Waals surface area contributed by atoms with Crippen molar-refractivity contribution in [1.82, 2.24) is 4.57 Å². The third kappa shape index (κ3) is 2.40. The highest BCUT2D eigenvalue weighted by Crippen LogP contribution is 2.46. The van der Waals surface area contributed by atoms with Crippen LogP contribution in [0.25, 0.3) is 32.9 Å². The summed E-state index contributed by atoms with van der Waals surface area (Å²) in [5.41, 5.74) is 3.85. The molecule has 1 heterocycles. The van der Waals surface area contributed by atoms with Crippen molar-refractivity contribution in [3.8, 4) is 22.6 Å². The average Bonchev–Trinajstić information content (AvgIpc) is 3.03. The van der Waals surface area contributed by atoms with E-state index in [4.69, 9.17) is 9.47 Å². The lowest BCUT2D eigenvalue weighted by atomic mass is 9.92. The fourth-order valence-electron chi connectivity index (χ4n) is 3.95. The summed E-state index contributed by atoms with van der Waals surface area (Å²) in [6.07, 6.45) is 1.55. The van der Waals surface area contributed by atoms with Crippen LogP contribution in [0.1, 0.15) is 20.7 Å². The first-order chi connectivity index (χ1) is 13.7. The number of para-hydroxylation sites is 1. The highest BCUT2D eigenvalue weighted by molar-refractivity contribution is 6.15. The number of hydrogen-bond acceptors (Lipinski definition) is 4. The minimum Gasteiger partial charge on any atom is -0.496 e. The van der Waals surface area contributed by atoms with Gasteiger partial charge >= 0.3 is 0 Å². The van der Waals surface area contributed by atoms with Crippen molar-refractivity contribution < 1.29 is 19.1 Å². The minimum absolute atomic E-state index is 0.430. The fraction of sp³-hybridized carbons (Fsp3) is 0.130. The Bertz CT molecular complexity index is 1240. The van der Waals surface area contributed by atoms with E-state index in [1.807, 2.05) is 41.9 Å². The zero-order chi connectivity index (χ0) is 19.8. The molecule has 0 spiro atoms. The van der Waals surface area contributed by atoms with Gasteiger partial charge in [0.15, 0.2) is 18.3 Å². The Morgan fingerprint density at radius 1 is 0.821 bits per heavy atom. The van der Waals surface area contributed by atoms with Crippen LogP contribution in [-0.4, -0.2) is 31.4 Å². The summed E-state index contributed by atoms with van der Waals surface area (Å²) < 4.78 is 13.4. The Labute approximate surface area is 162 Å². The summed E-state index contributed by atoms with van der Waals surface area (Å²) in [6.45, 7) is 0. The summed E-state index contributed by atoms with van der Waals surface area (Å²) in [6, 6.07) is 15.0. The molecular weight excluding hydrogens is 354 g/mol. The SMILES string of the molecule is COc1cccc(C=O)c1-c1c(C=O)cc2c3ccccc3n(C)c2c1OC. The van der Waals surface area contributed by atoms with Gasteiger partial charge in [-0.05, 0) is 18.2 Å².